The van der Waals surface area contributed by atoms with E-state index in [2.05, 4.69) is 9.97 Å². The average Bonchev–Trinajstić information content (AvgIpc) is 2.99. The zero-order chi connectivity index (χ0) is 18.4. The molecule has 0 atom stereocenters. The molecule has 2 aromatic carbocycles. The summed E-state index contributed by atoms with van der Waals surface area (Å²) in [7, 11) is 0. The van der Waals surface area contributed by atoms with Gasteiger partial charge < -0.3 is 0 Å². The Balaban J connectivity index is 2.04. The summed E-state index contributed by atoms with van der Waals surface area (Å²) in [6.45, 7) is 1.77. The van der Waals surface area contributed by atoms with Crippen molar-refractivity contribution in [1.82, 2.24) is 14.5 Å². The van der Waals surface area contributed by atoms with E-state index in [4.69, 9.17) is 11.6 Å². The minimum atomic E-state index is -0.733. The quantitative estimate of drug-likeness (QED) is 0.466. The first-order chi connectivity index (χ1) is 12.5. The van der Waals surface area contributed by atoms with Crippen molar-refractivity contribution < 1.29 is 13.2 Å². The van der Waals surface area contributed by atoms with E-state index < -0.39 is 17.5 Å². The van der Waals surface area contributed by atoms with Gasteiger partial charge in [-0.15, -0.1) is 0 Å². The van der Waals surface area contributed by atoms with Crippen LogP contribution >= 0.6 is 11.6 Å². The largest absolute Gasteiger partial charge is 0.295 e. The number of hydrogen-bond acceptors (Lipinski definition) is 2. The lowest BCUT2D eigenvalue weighted by Crippen LogP contribution is -2.01. The number of nitrogens with zero attached hydrogens (tertiary/aromatic N) is 3. The number of imidazole rings is 1. The molecule has 130 valence electrons. The number of fused-ring (bicyclic) bond motifs is 1. The smallest absolute Gasteiger partial charge is 0.152 e. The Bertz CT molecular complexity index is 1150. The number of benzene rings is 2. The molecule has 3 nitrogen and oxygen atoms in total. The van der Waals surface area contributed by atoms with Crippen molar-refractivity contribution in [1.29, 1.82) is 0 Å². The zero-order valence-corrected chi connectivity index (χ0v) is 14.2. The molecule has 0 aliphatic heterocycles. The molecule has 0 unspecified atom stereocenters. The molecule has 0 aliphatic carbocycles. The molecule has 4 aromatic rings. The summed E-state index contributed by atoms with van der Waals surface area (Å²) in [5.41, 5.74) is 2.67. The zero-order valence-electron chi connectivity index (χ0n) is 13.5. The van der Waals surface area contributed by atoms with E-state index >= 15 is 0 Å². The second kappa shape index (κ2) is 6.14. The Morgan fingerprint density at radius 3 is 2.54 bits per heavy atom. The van der Waals surface area contributed by atoms with Gasteiger partial charge in [-0.1, -0.05) is 11.6 Å². The van der Waals surface area contributed by atoms with E-state index in [0.29, 0.717) is 22.5 Å². The summed E-state index contributed by atoms with van der Waals surface area (Å²) >= 11 is 6.22. The van der Waals surface area contributed by atoms with E-state index in [1.54, 1.807) is 25.3 Å². The van der Waals surface area contributed by atoms with Gasteiger partial charge in [0.15, 0.2) is 5.82 Å². The molecule has 7 heteroatoms. The van der Waals surface area contributed by atoms with Crippen LogP contribution < -0.4 is 0 Å². The lowest BCUT2D eigenvalue weighted by molar-refractivity contribution is 0.589. The molecule has 0 fully saturated rings. The van der Waals surface area contributed by atoms with Crippen molar-refractivity contribution in [3.63, 3.8) is 0 Å². The summed E-state index contributed by atoms with van der Waals surface area (Å²) in [5.74, 6) is -1.90. The standard InChI is InChI=1S/C19H11ClF3N3/c1-10-18(13-3-2-11(21)6-14(13)20)17(4-5-24-10)26-9-25-16-8-12(22)7-15(23)19(16)26/h2-9H,1H3. The van der Waals surface area contributed by atoms with E-state index in [-0.39, 0.29) is 16.1 Å². The summed E-state index contributed by atoms with van der Waals surface area (Å²) in [4.78, 5) is 8.35. The predicted octanol–water partition coefficient (Wildman–Crippen LogP) is 5.47. The number of pyridine rings is 1. The lowest BCUT2D eigenvalue weighted by Gasteiger charge is -2.15. The van der Waals surface area contributed by atoms with Crippen molar-refractivity contribution in [2.75, 3.05) is 0 Å². The molecular formula is C19H11ClF3N3. The number of halogens is 4. The molecule has 0 radical (unpaired) electrons. The number of hydrogen-bond donors (Lipinski definition) is 0. The molecular weight excluding hydrogens is 363 g/mol. The van der Waals surface area contributed by atoms with Crippen LogP contribution in [0, 0.1) is 24.4 Å². The molecule has 0 aliphatic rings. The van der Waals surface area contributed by atoms with Gasteiger partial charge in [0.25, 0.3) is 0 Å². The third kappa shape index (κ3) is 2.63. The highest BCUT2D eigenvalue weighted by Crippen LogP contribution is 2.36. The fraction of sp³-hybridized carbons (Fsp3) is 0.0526. The molecule has 26 heavy (non-hydrogen) atoms. The Kier molecular flexibility index (Phi) is 3.92. The van der Waals surface area contributed by atoms with Crippen molar-refractivity contribution in [2.24, 2.45) is 0 Å². The summed E-state index contributed by atoms with van der Waals surface area (Å²) < 4.78 is 42.8. The van der Waals surface area contributed by atoms with Gasteiger partial charge in [-0.05, 0) is 31.2 Å². The van der Waals surface area contributed by atoms with Crippen LogP contribution in [-0.2, 0) is 0 Å². The van der Waals surface area contributed by atoms with E-state index in [9.17, 15) is 13.2 Å². The minimum Gasteiger partial charge on any atom is -0.295 e. The Hall–Kier alpha value is -2.86. The first-order valence-electron chi connectivity index (χ1n) is 7.69. The van der Waals surface area contributed by atoms with Crippen molar-refractivity contribution in [3.05, 3.63) is 77.1 Å². The summed E-state index contributed by atoms with van der Waals surface area (Å²) in [6, 6.07) is 7.67. The summed E-state index contributed by atoms with van der Waals surface area (Å²) in [6.07, 6.45) is 2.97. The maximum Gasteiger partial charge on any atom is 0.152 e. The van der Waals surface area contributed by atoms with Gasteiger partial charge in [0.05, 0.1) is 16.2 Å². The van der Waals surface area contributed by atoms with Gasteiger partial charge in [-0.2, -0.15) is 0 Å². The first kappa shape index (κ1) is 16.6. The van der Waals surface area contributed by atoms with Crippen molar-refractivity contribution in [2.45, 2.75) is 6.92 Å². The van der Waals surface area contributed by atoms with Gasteiger partial charge in [-0.3, -0.25) is 9.55 Å². The highest BCUT2D eigenvalue weighted by atomic mass is 35.5. The number of rotatable bonds is 2. The monoisotopic (exact) mass is 373 g/mol. The van der Waals surface area contributed by atoms with Crippen molar-refractivity contribution >= 4 is 22.6 Å². The van der Waals surface area contributed by atoms with E-state index in [1.807, 2.05) is 0 Å². The Labute approximate surface area is 151 Å². The second-order valence-electron chi connectivity index (χ2n) is 5.78. The molecule has 0 bridgehead atoms. The Morgan fingerprint density at radius 1 is 0.962 bits per heavy atom. The van der Waals surface area contributed by atoms with Crippen LogP contribution in [0.1, 0.15) is 5.69 Å². The van der Waals surface area contributed by atoms with Gasteiger partial charge in [0.2, 0.25) is 0 Å². The van der Waals surface area contributed by atoms with Crippen LogP contribution in [0.5, 0.6) is 0 Å². The van der Waals surface area contributed by atoms with Gasteiger partial charge >= 0.3 is 0 Å². The van der Waals surface area contributed by atoms with Crippen molar-refractivity contribution in [3.8, 4) is 16.8 Å². The maximum atomic E-state index is 14.4. The van der Waals surface area contributed by atoms with Crippen LogP contribution in [-0.4, -0.2) is 14.5 Å². The normalized spacial score (nSPS) is 11.3. The molecule has 0 saturated carbocycles. The van der Waals surface area contributed by atoms with Crippen LogP contribution in [0.2, 0.25) is 5.02 Å². The fourth-order valence-corrected chi connectivity index (χ4v) is 3.29. The molecule has 2 aromatic heterocycles. The molecule has 2 heterocycles. The third-order valence-electron chi connectivity index (χ3n) is 4.14. The first-order valence-corrected chi connectivity index (χ1v) is 8.07. The molecule has 0 spiro atoms. The van der Waals surface area contributed by atoms with Gasteiger partial charge in [-0.25, -0.2) is 18.2 Å². The average molecular weight is 374 g/mol. The minimum absolute atomic E-state index is 0.136. The maximum absolute atomic E-state index is 14.4. The van der Waals surface area contributed by atoms with Crippen LogP contribution in [0.3, 0.4) is 0 Å². The predicted molar refractivity (Wildman–Crippen MR) is 93.9 cm³/mol. The van der Waals surface area contributed by atoms with E-state index in [0.717, 1.165) is 12.1 Å². The highest BCUT2D eigenvalue weighted by Gasteiger charge is 2.18. The number of aromatic nitrogens is 3. The van der Waals surface area contributed by atoms with Gasteiger partial charge in [0.1, 0.15) is 23.5 Å². The molecule has 4 rings (SSSR count). The third-order valence-corrected chi connectivity index (χ3v) is 4.45. The number of aryl methyl sites for hydroxylation is 1. The van der Waals surface area contributed by atoms with Gasteiger partial charge in [0, 0.05) is 35.2 Å². The summed E-state index contributed by atoms with van der Waals surface area (Å²) in [5, 5.41) is 0.207. The second-order valence-corrected chi connectivity index (χ2v) is 6.19. The topological polar surface area (TPSA) is 30.7 Å². The SMILES string of the molecule is Cc1nccc(-n2cnc3cc(F)cc(F)c32)c1-c1ccc(F)cc1Cl. The fourth-order valence-electron chi connectivity index (χ4n) is 3.03. The highest BCUT2D eigenvalue weighted by molar-refractivity contribution is 6.33. The van der Waals surface area contributed by atoms with Crippen LogP contribution in [0.15, 0.2) is 48.9 Å². The molecule has 0 amide bonds. The lowest BCUT2D eigenvalue weighted by atomic mass is 10.0. The van der Waals surface area contributed by atoms with Crippen LogP contribution in [0.4, 0.5) is 13.2 Å². The Morgan fingerprint density at radius 2 is 1.77 bits per heavy atom. The molecule has 0 N–H and O–H groups in total. The van der Waals surface area contributed by atoms with E-state index in [1.165, 1.54) is 23.0 Å². The van der Waals surface area contributed by atoms with Crippen LogP contribution in [0.25, 0.3) is 27.8 Å². The molecule has 0 saturated heterocycles.